The molecule has 6 aromatic rings. The van der Waals surface area contributed by atoms with Crippen LogP contribution < -0.4 is 32.1 Å². The minimum absolute atomic E-state index is 0.697. The Kier molecular flexibility index (Phi) is 3.89. The summed E-state index contributed by atoms with van der Waals surface area (Å²) in [5, 5.41) is 4.30. The number of benzene rings is 4. The third-order valence-electron chi connectivity index (χ3n) is 6.40. The standard InChI is InChI=1S/C27H22N6/c1-32-25-13-19(30)6-8-21(25)27(22-9-7-20(31)14-26(22)32)33-23-11-17(28)4-2-15(23)10-16-3-5-18(29)12-24(16)33/h2-14H,1H3,(H6,28,29,30,31)/p+2. The summed E-state index contributed by atoms with van der Waals surface area (Å²) in [5.41, 5.74) is 32.8. The van der Waals surface area contributed by atoms with Crippen LogP contribution in [0, 0.1) is 0 Å². The van der Waals surface area contributed by atoms with Crippen molar-refractivity contribution in [2.75, 3.05) is 22.9 Å². The number of rotatable bonds is 1. The van der Waals surface area contributed by atoms with Gasteiger partial charge in [0.15, 0.2) is 0 Å². The van der Waals surface area contributed by atoms with Gasteiger partial charge in [0.2, 0.25) is 27.8 Å². The van der Waals surface area contributed by atoms with E-state index in [1.807, 2.05) is 55.6 Å². The van der Waals surface area contributed by atoms with Gasteiger partial charge in [0.1, 0.15) is 17.8 Å². The monoisotopic (exact) mass is 432 g/mol. The fraction of sp³-hybridized carbons (Fsp3) is 0.0370. The first-order chi connectivity index (χ1) is 15.9. The summed E-state index contributed by atoms with van der Waals surface area (Å²) in [6.07, 6.45) is 0. The van der Waals surface area contributed by atoms with Crippen molar-refractivity contribution in [3.8, 4) is 5.69 Å². The second kappa shape index (κ2) is 6.71. The highest BCUT2D eigenvalue weighted by Gasteiger charge is 2.29. The van der Waals surface area contributed by atoms with Crippen molar-refractivity contribution >= 4 is 66.4 Å². The zero-order valence-corrected chi connectivity index (χ0v) is 18.2. The third kappa shape index (κ3) is 2.81. The van der Waals surface area contributed by atoms with Crippen molar-refractivity contribution in [1.82, 2.24) is 0 Å². The van der Waals surface area contributed by atoms with E-state index in [4.69, 9.17) is 22.9 Å². The molecule has 0 bridgehead atoms. The molecule has 8 N–H and O–H groups in total. The van der Waals surface area contributed by atoms with E-state index < -0.39 is 0 Å². The molecular formula is C27H24N6+2. The maximum atomic E-state index is 6.26. The summed E-state index contributed by atoms with van der Waals surface area (Å²) in [4.78, 5) is 0. The highest BCUT2D eigenvalue weighted by atomic mass is 15.0. The highest BCUT2D eigenvalue weighted by molar-refractivity contribution is 6.01. The molecule has 0 radical (unpaired) electrons. The lowest BCUT2D eigenvalue weighted by Gasteiger charge is -2.11. The van der Waals surface area contributed by atoms with Crippen molar-refractivity contribution in [1.29, 1.82) is 0 Å². The Morgan fingerprint density at radius 3 is 1.33 bits per heavy atom. The van der Waals surface area contributed by atoms with Crippen molar-refractivity contribution in [3.05, 3.63) is 78.9 Å². The zero-order chi connectivity index (χ0) is 22.9. The van der Waals surface area contributed by atoms with Crippen LogP contribution in [-0.2, 0) is 7.05 Å². The predicted octanol–water partition coefficient (Wildman–Crippen LogP) is 3.73. The van der Waals surface area contributed by atoms with Crippen LogP contribution in [0.2, 0.25) is 0 Å². The maximum absolute atomic E-state index is 6.26. The van der Waals surface area contributed by atoms with Crippen LogP contribution in [0.3, 0.4) is 0 Å². The molecule has 2 aromatic heterocycles. The van der Waals surface area contributed by atoms with Gasteiger partial charge in [-0.05, 0) is 54.6 Å². The lowest BCUT2D eigenvalue weighted by atomic mass is 10.0. The summed E-state index contributed by atoms with van der Waals surface area (Å²) in [5.74, 6) is 0. The van der Waals surface area contributed by atoms with Gasteiger partial charge in [0.25, 0.3) is 0 Å². The van der Waals surface area contributed by atoms with E-state index in [2.05, 4.69) is 39.5 Å². The average Bonchev–Trinajstić information content (AvgIpc) is 2.79. The quantitative estimate of drug-likeness (QED) is 0.180. The van der Waals surface area contributed by atoms with Crippen LogP contribution in [0.4, 0.5) is 22.7 Å². The zero-order valence-electron chi connectivity index (χ0n) is 18.2. The molecule has 0 amide bonds. The molecule has 2 heterocycles. The van der Waals surface area contributed by atoms with E-state index in [0.29, 0.717) is 22.7 Å². The van der Waals surface area contributed by atoms with E-state index in [1.54, 1.807) is 0 Å². The van der Waals surface area contributed by atoms with Crippen molar-refractivity contribution in [2.45, 2.75) is 0 Å². The Labute approximate surface area is 190 Å². The molecule has 0 fully saturated rings. The molecular weight excluding hydrogens is 408 g/mol. The fourth-order valence-electron chi connectivity index (χ4n) is 4.86. The van der Waals surface area contributed by atoms with Crippen LogP contribution in [0.15, 0.2) is 78.9 Å². The molecule has 6 rings (SSSR count). The van der Waals surface area contributed by atoms with Crippen LogP contribution in [0.1, 0.15) is 0 Å². The summed E-state index contributed by atoms with van der Waals surface area (Å²) in [6, 6.07) is 26.2. The molecule has 4 aromatic carbocycles. The fourth-order valence-corrected chi connectivity index (χ4v) is 4.86. The molecule has 6 heteroatoms. The smallest absolute Gasteiger partial charge is 0.239 e. The minimum Gasteiger partial charge on any atom is -0.399 e. The van der Waals surface area contributed by atoms with Gasteiger partial charge in [-0.1, -0.05) is 0 Å². The molecule has 0 aliphatic heterocycles. The number of pyridine rings is 2. The Hall–Kier alpha value is -4.58. The maximum Gasteiger partial charge on any atom is 0.239 e. The summed E-state index contributed by atoms with van der Waals surface area (Å²) in [7, 11) is 2.04. The number of nitrogen functional groups attached to an aromatic ring is 4. The number of hydrogen-bond donors (Lipinski definition) is 4. The van der Waals surface area contributed by atoms with E-state index in [9.17, 15) is 0 Å². The van der Waals surface area contributed by atoms with Gasteiger partial charge < -0.3 is 22.9 Å². The molecule has 33 heavy (non-hydrogen) atoms. The van der Waals surface area contributed by atoms with Gasteiger partial charge >= 0.3 is 0 Å². The van der Waals surface area contributed by atoms with E-state index >= 15 is 0 Å². The SMILES string of the molecule is C[n+]1c2cc(N)ccc2c(-[n+]2c3cc(N)ccc3cc3ccc(N)cc32)c2ccc(N)cc21. The van der Waals surface area contributed by atoms with Crippen LogP contribution in [-0.4, -0.2) is 0 Å². The van der Waals surface area contributed by atoms with Gasteiger partial charge in [-0.2, -0.15) is 9.13 Å². The predicted molar refractivity (Wildman–Crippen MR) is 137 cm³/mol. The number of aromatic nitrogens is 2. The van der Waals surface area contributed by atoms with Gasteiger partial charge in [-0.25, -0.2) is 0 Å². The van der Waals surface area contributed by atoms with Crippen LogP contribution >= 0.6 is 0 Å². The Balaban J connectivity index is 1.96. The number of aryl methyl sites for hydroxylation is 1. The molecule has 160 valence electrons. The molecule has 0 atom stereocenters. The lowest BCUT2D eigenvalue weighted by molar-refractivity contribution is -0.618. The molecule has 0 unspecified atom stereocenters. The Morgan fingerprint density at radius 2 is 0.879 bits per heavy atom. The average molecular weight is 433 g/mol. The van der Waals surface area contributed by atoms with E-state index in [1.165, 1.54) is 0 Å². The van der Waals surface area contributed by atoms with Gasteiger partial charge in [0, 0.05) is 57.8 Å². The second-order valence-corrected chi connectivity index (χ2v) is 8.58. The van der Waals surface area contributed by atoms with Crippen LogP contribution in [0.25, 0.3) is 49.3 Å². The normalized spacial score (nSPS) is 11.7. The molecule has 0 saturated heterocycles. The largest absolute Gasteiger partial charge is 0.399 e. The lowest BCUT2D eigenvalue weighted by Crippen LogP contribution is -2.38. The number of nitrogens with zero attached hydrogens (tertiary/aromatic N) is 2. The molecule has 0 aliphatic rings. The summed E-state index contributed by atoms with van der Waals surface area (Å²) in [6.45, 7) is 0. The number of nitrogens with two attached hydrogens (primary N) is 4. The first-order valence-corrected chi connectivity index (χ1v) is 10.7. The second-order valence-electron chi connectivity index (χ2n) is 8.58. The van der Waals surface area contributed by atoms with Crippen molar-refractivity contribution in [2.24, 2.45) is 7.05 Å². The van der Waals surface area contributed by atoms with E-state index in [0.717, 1.165) is 49.3 Å². The summed E-state index contributed by atoms with van der Waals surface area (Å²) >= 11 is 0. The van der Waals surface area contributed by atoms with E-state index in [-0.39, 0.29) is 0 Å². The van der Waals surface area contributed by atoms with Gasteiger partial charge in [0.05, 0.1) is 0 Å². The Morgan fingerprint density at radius 1 is 0.485 bits per heavy atom. The third-order valence-corrected chi connectivity index (χ3v) is 6.40. The first-order valence-electron chi connectivity index (χ1n) is 10.7. The summed E-state index contributed by atoms with van der Waals surface area (Å²) < 4.78 is 4.39. The van der Waals surface area contributed by atoms with Gasteiger partial charge in [-0.3, -0.25) is 0 Å². The van der Waals surface area contributed by atoms with Crippen molar-refractivity contribution < 1.29 is 9.13 Å². The number of anilines is 4. The highest BCUT2D eigenvalue weighted by Crippen LogP contribution is 2.31. The number of hydrogen-bond acceptors (Lipinski definition) is 4. The first kappa shape index (κ1) is 19.1. The molecule has 0 saturated carbocycles. The van der Waals surface area contributed by atoms with Crippen LogP contribution in [0.5, 0.6) is 0 Å². The topological polar surface area (TPSA) is 112 Å². The molecule has 0 spiro atoms. The number of fused-ring (bicyclic) bond motifs is 4. The Bertz CT molecular complexity index is 1650. The molecule has 0 aliphatic carbocycles. The molecule has 6 nitrogen and oxygen atoms in total. The van der Waals surface area contributed by atoms with Gasteiger partial charge in [-0.15, -0.1) is 0 Å². The van der Waals surface area contributed by atoms with Crippen molar-refractivity contribution in [3.63, 3.8) is 0 Å². The minimum atomic E-state index is 0.697.